The fraction of sp³-hybridized carbons (Fsp3) is 0.773. The predicted octanol–water partition coefficient (Wildman–Crippen LogP) is 27.3. The minimum atomic E-state index is -4.65. The van der Waals surface area contributed by atoms with Gasteiger partial charge < -0.3 is 27.9 Å². The molecule has 568 valence electrons. The summed E-state index contributed by atoms with van der Waals surface area (Å²) in [6.45, 7) is 4.07. The van der Waals surface area contributed by atoms with E-state index in [4.69, 9.17) is 18.5 Å². The highest BCUT2D eigenvalue weighted by atomic mass is 31.2. The molecular formula is C88H158NO8P. The molecular weight excluding hydrogens is 1230 g/mol. The van der Waals surface area contributed by atoms with Crippen LogP contribution in [-0.2, 0) is 32.7 Å². The van der Waals surface area contributed by atoms with Crippen molar-refractivity contribution in [3.63, 3.8) is 0 Å². The van der Waals surface area contributed by atoms with E-state index >= 15 is 0 Å². The van der Waals surface area contributed by atoms with Crippen molar-refractivity contribution >= 4 is 19.8 Å². The SMILES string of the molecule is CC/C=C\C/C=C\C/C=C\C/C=C\C/C=C\CCCCCCCCCCCCCCCCCCCC(=O)OC(COC(=O)CCCCCCCCCCCCCCCCCCCCCCCCCCCCCC/C=C\C/C=C\C/C=C\C/C=C\CC)COP(=O)([O-])OCC[N+](C)(C)C. The molecule has 0 radical (unpaired) electrons. The number of esters is 2. The number of nitrogens with zero attached hydrogens (tertiary/aromatic N) is 1. The van der Waals surface area contributed by atoms with Crippen LogP contribution in [0, 0.1) is 0 Å². The lowest BCUT2D eigenvalue weighted by Gasteiger charge is -2.28. The van der Waals surface area contributed by atoms with E-state index in [2.05, 4.69) is 123 Å². The van der Waals surface area contributed by atoms with Crippen LogP contribution < -0.4 is 4.89 Å². The molecule has 0 saturated heterocycles. The molecule has 9 nitrogen and oxygen atoms in total. The van der Waals surface area contributed by atoms with Gasteiger partial charge in [0.25, 0.3) is 7.82 Å². The highest BCUT2D eigenvalue weighted by Gasteiger charge is 2.22. The largest absolute Gasteiger partial charge is 0.756 e. The lowest BCUT2D eigenvalue weighted by atomic mass is 10.0. The van der Waals surface area contributed by atoms with E-state index in [1.54, 1.807) is 0 Å². The number of rotatable bonds is 77. The van der Waals surface area contributed by atoms with Crippen LogP contribution in [0.4, 0.5) is 0 Å². The fourth-order valence-corrected chi connectivity index (χ4v) is 12.8. The van der Waals surface area contributed by atoms with E-state index in [1.165, 1.54) is 257 Å². The first-order chi connectivity index (χ1) is 48.0. The maximum absolute atomic E-state index is 12.9. The van der Waals surface area contributed by atoms with Gasteiger partial charge in [0.1, 0.15) is 19.8 Å². The Bertz CT molecular complexity index is 2030. The first kappa shape index (κ1) is 94.7. The molecule has 0 rings (SSSR count). The Labute approximate surface area is 607 Å². The molecule has 98 heavy (non-hydrogen) atoms. The Hall–Kier alpha value is -3.33. The van der Waals surface area contributed by atoms with Gasteiger partial charge in [-0.3, -0.25) is 14.2 Å². The van der Waals surface area contributed by atoms with E-state index in [1.807, 2.05) is 21.1 Å². The Balaban J connectivity index is 3.89. The number of likely N-dealkylation sites (N-methyl/N-ethyl adjacent to an activating group) is 1. The first-order valence-electron chi connectivity index (χ1n) is 41.6. The Morgan fingerprint density at radius 3 is 0.816 bits per heavy atom. The maximum Gasteiger partial charge on any atom is 0.306 e. The number of unbranched alkanes of at least 4 members (excludes halogenated alkanes) is 45. The summed E-state index contributed by atoms with van der Waals surface area (Å²) in [5, 5.41) is 0. The molecule has 0 heterocycles. The quantitative estimate of drug-likeness (QED) is 0.0195. The second-order valence-corrected chi connectivity index (χ2v) is 30.5. The molecule has 10 heteroatoms. The van der Waals surface area contributed by atoms with Gasteiger partial charge in [0.15, 0.2) is 6.10 Å². The average molecular weight is 1390 g/mol. The van der Waals surface area contributed by atoms with E-state index in [0.29, 0.717) is 17.4 Å². The van der Waals surface area contributed by atoms with Gasteiger partial charge in [-0.15, -0.1) is 0 Å². The summed E-state index contributed by atoms with van der Waals surface area (Å²) >= 11 is 0. The van der Waals surface area contributed by atoms with Crippen LogP contribution in [0.15, 0.2) is 109 Å². The van der Waals surface area contributed by atoms with Crippen molar-refractivity contribution in [3.8, 4) is 0 Å². The van der Waals surface area contributed by atoms with E-state index in [0.717, 1.165) is 96.3 Å². The van der Waals surface area contributed by atoms with Crippen molar-refractivity contribution in [3.05, 3.63) is 109 Å². The van der Waals surface area contributed by atoms with Crippen LogP contribution >= 0.6 is 7.82 Å². The summed E-state index contributed by atoms with van der Waals surface area (Å²) in [6, 6.07) is 0. The molecule has 0 saturated carbocycles. The average Bonchev–Trinajstić information content (AvgIpc) is 1.08. The first-order valence-corrected chi connectivity index (χ1v) is 43.1. The number of hydrogen-bond donors (Lipinski definition) is 0. The number of carbonyl (C=O) groups is 2. The van der Waals surface area contributed by atoms with Gasteiger partial charge in [-0.05, 0) is 96.3 Å². The highest BCUT2D eigenvalue weighted by Crippen LogP contribution is 2.38. The van der Waals surface area contributed by atoms with Gasteiger partial charge in [0, 0.05) is 12.8 Å². The molecule has 0 fully saturated rings. The molecule has 2 unspecified atom stereocenters. The Morgan fingerprint density at radius 1 is 0.316 bits per heavy atom. The molecule has 0 N–H and O–H groups in total. The Kier molecular flexibility index (Phi) is 75.2. The Morgan fingerprint density at radius 2 is 0.551 bits per heavy atom. The highest BCUT2D eigenvalue weighted by molar-refractivity contribution is 7.45. The summed E-state index contributed by atoms with van der Waals surface area (Å²) < 4.78 is 34.4. The van der Waals surface area contributed by atoms with E-state index in [-0.39, 0.29) is 32.0 Å². The molecule has 0 aromatic heterocycles. The second-order valence-electron chi connectivity index (χ2n) is 29.1. The molecule has 0 bridgehead atoms. The van der Waals surface area contributed by atoms with Gasteiger partial charge in [-0.1, -0.05) is 386 Å². The van der Waals surface area contributed by atoms with Crippen molar-refractivity contribution in [2.75, 3.05) is 47.5 Å². The molecule has 2 atom stereocenters. The minimum Gasteiger partial charge on any atom is -0.756 e. The maximum atomic E-state index is 12.9. The molecule has 0 aliphatic heterocycles. The third-order valence-corrected chi connectivity index (χ3v) is 19.3. The zero-order chi connectivity index (χ0) is 71.1. The molecule has 0 aliphatic carbocycles. The van der Waals surface area contributed by atoms with Crippen LogP contribution in [0.1, 0.15) is 386 Å². The van der Waals surface area contributed by atoms with Crippen molar-refractivity contribution < 1.29 is 42.1 Å². The third kappa shape index (κ3) is 81.6. The summed E-state index contributed by atoms with van der Waals surface area (Å²) in [7, 11) is 1.18. The van der Waals surface area contributed by atoms with Crippen molar-refractivity contribution in [1.82, 2.24) is 0 Å². The fourth-order valence-electron chi connectivity index (χ4n) is 12.0. The lowest BCUT2D eigenvalue weighted by Crippen LogP contribution is -2.37. The monoisotopic (exact) mass is 1390 g/mol. The lowest BCUT2D eigenvalue weighted by molar-refractivity contribution is -0.870. The van der Waals surface area contributed by atoms with Crippen molar-refractivity contribution in [2.45, 2.75) is 392 Å². The smallest absolute Gasteiger partial charge is 0.306 e. The van der Waals surface area contributed by atoms with Crippen LogP contribution in [0.3, 0.4) is 0 Å². The van der Waals surface area contributed by atoms with Gasteiger partial charge in [-0.25, -0.2) is 0 Å². The van der Waals surface area contributed by atoms with Crippen LogP contribution in [0.2, 0.25) is 0 Å². The number of allylic oxidation sites excluding steroid dienone is 18. The molecule has 0 spiro atoms. The normalized spacial score (nSPS) is 13.6. The summed E-state index contributed by atoms with van der Waals surface area (Å²) in [6.07, 6.45) is 111. The number of carbonyl (C=O) groups excluding carboxylic acids is 2. The van der Waals surface area contributed by atoms with Crippen molar-refractivity contribution in [2.24, 2.45) is 0 Å². The van der Waals surface area contributed by atoms with E-state index < -0.39 is 26.5 Å². The predicted molar refractivity (Wildman–Crippen MR) is 425 cm³/mol. The van der Waals surface area contributed by atoms with Gasteiger partial charge in [0.2, 0.25) is 0 Å². The molecule has 0 aliphatic rings. The summed E-state index contributed by atoms with van der Waals surface area (Å²) in [5.41, 5.74) is 0. The number of quaternary nitrogens is 1. The minimum absolute atomic E-state index is 0.0310. The van der Waals surface area contributed by atoms with Crippen LogP contribution in [-0.4, -0.2) is 70.0 Å². The topological polar surface area (TPSA) is 111 Å². The van der Waals surface area contributed by atoms with Crippen LogP contribution in [0.5, 0.6) is 0 Å². The van der Waals surface area contributed by atoms with Gasteiger partial charge in [0.05, 0.1) is 27.7 Å². The standard InChI is InChI=1S/C88H158NO8P/c1-6-8-10-12-14-16-18-20-22-24-26-28-30-32-34-36-38-40-41-42-43-44-45-46-47-49-50-52-54-56-58-60-62-64-66-68-70-72-74-76-78-80-87(90)94-84-86(85-96-98(92,93)95-83-82-89(3,4)5)97-88(91)81-79-77-75-73-71-69-67-65-63-61-59-57-55-53-51-48-39-37-35-33-31-29-27-25-23-21-19-17-15-13-11-9-7-2/h8-11,14-17,20-23,26-29,33,35,86H,6-7,12-13,18-19,24-25,30-32,34,36-85H2,1-5H3/b10-8-,11-9-,16-14-,17-15-,22-20-,23-21-,28-26-,29-27-,35-33-. The number of phosphoric acid groups is 1. The number of phosphoric ester groups is 1. The van der Waals surface area contributed by atoms with Crippen LogP contribution in [0.25, 0.3) is 0 Å². The molecule has 0 aromatic carbocycles. The molecule has 0 aromatic rings. The zero-order valence-corrected chi connectivity index (χ0v) is 65.9. The second kappa shape index (κ2) is 77.8. The van der Waals surface area contributed by atoms with E-state index in [9.17, 15) is 19.0 Å². The third-order valence-electron chi connectivity index (χ3n) is 18.3. The number of hydrogen-bond acceptors (Lipinski definition) is 8. The molecule has 0 amide bonds. The van der Waals surface area contributed by atoms with Gasteiger partial charge >= 0.3 is 11.9 Å². The van der Waals surface area contributed by atoms with Gasteiger partial charge in [-0.2, -0.15) is 0 Å². The summed E-state index contributed by atoms with van der Waals surface area (Å²) in [4.78, 5) is 38.2. The summed E-state index contributed by atoms with van der Waals surface area (Å²) in [5.74, 6) is -0.816. The number of ether oxygens (including phenoxy) is 2. The van der Waals surface area contributed by atoms with Crippen molar-refractivity contribution in [1.29, 1.82) is 0 Å². The zero-order valence-electron chi connectivity index (χ0n) is 65.0.